The predicted octanol–water partition coefficient (Wildman–Crippen LogP) is 0.692. The van der Waals surface area contributed by atoms with Gasteiger partial charge in [-0.05, 0) is 12.8 Å². The minimum absolute atomic E-state index is 0.0735. The van der Waals surface area contributed by atoms with Crippen LogP contribution in [-0.4, -0.2) is 41.3 Å². The highest BCUT2D eigenvalue weighted by atomic mass is 16.6. The summed E-state index contributed by atoms with van der Waals surface area (Å²) in [5, 5.41) is 8.55. The Balaban J connectivity index is 1.89. The number of fused-ring (bicyclic) bond motifs is 2. The van der Waals surface area contributed by atoms with Crippen LogP contribution >= 0.6 is 0 Å². The van der Waals surface area contributed by atoms with Crippen LogP contribution < -0.4 is 0 Å². The molecule has 1 N–H and O–H groups in total. The molecule has 2 bridgehead atoms. The minimum Gasteiger partial charge on any atom is -0.481 e. The summed E-state index contributed by atoms with van der Waals surface area (Å²) in [7, 11) is 0. The van der Waals surface area contributed by atoms with Crippen molar-refractivity contribution in [2.75, 3.05) is 13.1 Å². The van der Waals surface area contributed by atoms with Crippen LogP contribution in [0.3, 0.4) is 0 Å². The Labute approximate surface area is 81.6 Å². The van der Waals surface area contributed by atoms with Crippen molar-refractivity contribution in [3.05, 3.63) is 0 Å². The molecular formula is C9H13NO4. The van der Waals surface area contributed by atoms with E-state index in [1.807, 2.05) is 0 Å². The van der Waals surface area contributed by atoms with Gasteiger partial charge in [0.25, 0.3) is 0 Å². The fraction of sp³-hybridized carbons (Fsp3) is 0.778. The Hall–Kier alpha value is -1.26. The molecule has 14 heavy (non-hydrogen) atoms. The molecule has 0 saturated carbocycles. The molecule has 0 radical (unpaired) electrons. The lowest BCUT2D eigenvalue weighted by molar-refractivity contribution is -0.137. The summed E-state index contributed by atoms with van der Waals surface area (Å²) in [5.74, 6) is -0.550. The van der Waals surface area contributed by atoms with Crippen LogP contribution in [0.1, 0.15) is 19.3 Å². The molecule has 0 aromatic heterocycles. The number of hydrogen-bond donors (Lipinski definition) is 1. The molecule has 2 aliphatic heterocycles. The van der Waals surface area contributed by atoms with Crippen molar-refractivity contribution >= 4 is 12.1 Å². The molecule has 2 heterocycles. The van der Waals surface area contributed by atoms with Crippen LogP contribution in [0.15, 0.2) is 0 Å². The molecule has 2 saturated heterocycles. The van der Waals surface area contributed by atoms with Gasteiger partial charge in [-0.2, -0.15) is 0 Å². The van der Waals surface area contributed by atoms with Gasteiger partial charge < -0.3 is 14.7 Å². The van der Waals surface area contributed by atoms with Crippen LogP contribution in [0, 0.1) is 5.92 Å². The highest BCUT2D eigenvalue weighted by Gasteiger charge is 2.40. The maximum absolute atomic E-state index is 11.1. The molecule has 5 nitrogen and oxygen atoms in total. The second kappa shape index (κ2) is 3.48. The van der Waals surface area contributed by atoms with Gasteiger partial charge in [0.05, 0.1) is 6.54 Å². The summed E-state index contributed by atoms with van der Waals surface area (Å²) in [6, 6.07) is 0. The van der Waals surface area contributed by atoms with Crippen LogP contribution in [0.2, 0.25) is 0 Å². The maximum Gasteiger partial charge on any atom is 0.410 e. The number of carbonyl (C=O) groups excluding carboxylic acids is 1. The number of carboxylic acids is 1. The first kappa shape index (κ1) is 9.30. The number of hydrogen-bond acceptors (Lipinski definition) is 3. The van der Waals surface area contributed by atoms with E-state index in [-0.39, 0.29) is 24.5 Å². The van der Waals surface area contributed by atoms with Crippen molar-refractivity contribution < 1.29 is 19.4 Å². The smallest absolute Gasteiger partial charge is 0.410 e. The molecule has 1 amide bonds. The second-order valence-electron chi connectivity index (χ2n) is 3.85. The van der Waals surface area contributed by atoms with Crippen LogP contribution in [-0.2, 0) is 9.53 Å². The molecule has 78 valence electrons. The van der Waals surface area contributed by atoms with E-state index in [4.69, 9.17) is 9.84 Å². The topological polar surface area (TPSA) is 66.8 Å². The number of piperidine rings is 1. The lowest BCUT2D eigenvalue weighted by Crippen LogP contribution is -2.36. The van der Waals surface area contributed by atoms with Crippen molar-refractivity contribution in [3.8, 4) is 0 Å². The highest BCUT2D eigenvalue weighted by Crippen LogP contribution is 2.30. The first-order chi connectivity index (χ1) is 6.66. The normalized spacial score (nSPS) is 30.3. The molecule has 2 aliphatic rings. The van der Waals surface area contributed by atoms with E-state index >= 15 is 0 Å². The summed E-state index contributed by atoms with van der Waals surface area (Å²) < 4.78 is 5.12. The Bertz CT molecular complexity index is 266. The van der Waals surface area contributed by atoms with Gasteiger partial charge in [0.2, 0.25) is 0 Å². The van der Waals surface area contributed by atoms with Crippen molar-refractivity contribution in [2.45, 2.75) is 25.4 Å². The third-order valence-electron chi connectivity index (χ3n) is 2.94. The third-order valence-corrected chi connectivity index (χ3v) is 2.94. The molecule has 2 rings (SSSR count). The molecule has 0 spiro atoms. The van der Waals surface area contributed by atoms with Gasteiger partial charge in [-0.1, -0.05) is 0 Å². The number of aliphatic carboxylic acids is 1. The van der Waals surface area contributed by atoms with Crippen molar-refractivity contribution in [1.29, 1.82) is 0 Å². The largest absolute Gasteiger partial charge is 0.481 e. The number of ether oxygens (including phenoxy) is 1. The van der Waals surface area contributed by atoms with Gasteiger partial charge in [0.15, 0.2) is 0 Å². The fourth-order valence-electron chi connectivity index (χ4n) is 2.11. The number of rotatable bonds is 3. The molecule has 0 unspecified atom stereocenters. The molecule has 5 heteroatoms. The van der Waals surface area contributed by atoms with Crippen LogP contribution in [0.25, 0.3) is 0 Å². The summed E-state index contributed by atoms with van der Waals surface area (Å²) in [5.41, 5.74) is 0. The standard InChI is InChI=1S/C9H13NO4/c11-8(12)2-1-6-3-4-10-5-7(6)14-9(10)13/h6-7H,1-5H2,(H,11,12)/t6-,7-/m1/s1. The first-order valence-corrected chi connectivity index (χ1v) is 4.84. The van der Waals surface area contributed by atoms with E-state index in [2.05, 4.69) is 0 Å². The molecule has 2 fully saturated rings. The van der Waals surface area contributed by atoms with Gasteiger partial charge in [0, 0.05) is 18.9 Å². The third kappa shape index (κ3) is 1.66. The molecule has 0 aromatic rings. The molecule has 0 aliphatic carbocycles. The quantitative estimate of drug-likeness (QED) is 0.726. The zero-order valence-electron chi connectivity index (χ0n) is 7.81. The minimum atomic E-state index is -0.781. The van der Waals surface area contributed by atoms with Gasteiger partial charge in [0.1, 0.15) is 6.10 Å². The first-order valence-electron chi connectivity index (χ1n) is 4.84. The van der Waals surface area contributed by atoms with E-state index in [1.165, 1.54) is 0 Å². The average molecular weight is 199 g/mol. The number of amides is 1. The summed E-state index contributed by atoms with van der Waals surface area (Å²) in [6.07, 6.45) is 1.33. The van der Waals surface area contributed by atoms with E-state index in [9.17, 15) is 9.59 Å². The second-order valence-corrected chi connectivity index (χ2v) is 3.85. The Morgan fingerprint density at radius 3 is 3.14 bits per heavy atom. The number of carbonyl (C=O) groups is 2. The predicted molar refractivity (Wildman–Crippen MR) is 46.8 cm³/mol. The summed E-state index contributed by atoms with van der Waals surface area (Å²) in [4.78, 5) is 23.2. The molecular weight excluding hydrogens is 186 g/mol. The molecule has 2 atom stereocenters. The Kier molecular flexibility index (Phi) is 2.31. The average Bonchev–Trinajstić information content (AvgIpc) is 2.42. The van der Waals surface area contributed by atoms with Crippen molar-refractivity contribution in [1.82, 2.24) is 4.90 Å². The van der Waals surface area contributed by atoms with E-state index in [0.717, 1.165) is 6.42 Å². The van der Waals surface area contributed by atoms with Gasteiger partial charge in [-0.3, -0.25) is 4.79 Å². The highest BCUT2D eigenvalue weighted by molar-refractivity contribution is 5.70. The lowest BCUT2D eigenvalue weighted by Gasteiger charge is -2.26. The van der Waals surface area contributed by atoms with Crippen molar-refractivity contribution in [2.24, 2.45) is 5.92 Å². The summed E-state index contributed by atoms with van der Waals surface area (Å²) >= 11 is 0. The summed E-state index contributed by atoms with van der Waals surface area (Å²) in [6.45, 7) is 1.35. The zero-order valence-corrected chi connectivity index (χ0v) is 7.81. The van der Waals surface area contributed by atoms with Crippen molar-refractivity contribution in [3.63, 3.8) is 0 Å². The Morgan fingerprint density at radius 1 is 1.64 bits per heavy atom. The van der Waals surface area contributed by atoms with Crippen LogP contribution in [0.4, 0.5) is 4.79 Å². The number of carboxylic acid groups (broad SMARTS) is 1. The monoisotopic (exact) mass is 199 g/mol. The SMILES string of the molecule is O=C(O)CC[C@@H]1CCN2C[C@H]1OC2=O. The van der Waals surface area contributed by atoms with E-state index in [1.54, 1.807) is 4.90 Å². The van der Waals surface area contributed by atoms with Gasteiger partial charge in [-0.25, -0.2) is 4.79 Å². The van der Waals surface area contributed by atoms with Gasteiger partial charge in [-0.15, -0.1) is 0 Å². The Morgan fingerprint density at radius 2 is 2.43 bits per heavy atom. The van der Waals surface area contributed by atoms with Crippen LogP contribution in [0.5, 0.6) is 0 Å². The van der Waals surface area contributed by atoms with Gasteiger partial charge >= 0.3 is 12.1 Å². The van der Waals surface area contributed by atoms with E-state index < -0.39 is 5.97 Å². The number of nitrogens with zero attached hydrogens (tertiary/aromatic N) is 1. The zero-order chi connectivity index (χ0) is 10.1. The maximum atomic E-state index is 11.1. The fourth-order valence-corrected chi connectivity index (χ4v) is 2.11. The lowest BCUT2D eigenvalue weighted by atomic mass is 9.90. The molecule has 0 aromatic carbocycles. The van der Waals surface area contributed by atoms with E-state index in [0.29, 0.717) is 19.5 Å².